The van der Waals surface area contributed by atoms with Crippen molar-refractivity contribution < 1.29 is 8.42 Å². The molecule has 0 aliphatic heterocycles. The van der Waals surface area contributed by atoms with Crippen molar-refractivity contribution in [3.05, 3.63) is 24.0 Å². The molecule has 0 saturated heterocycles. The van der Waals surface area contributed by atoms with Gasteiger partial charge in [-0.05, 0) is 18.1 Å². The second kappa shape index (κ2) is 5.94. The number of sulfonamides is 1. The maximum absolute atomic E-state index is 12.3. The van der Waals surface area contributed by atoms with Crippen molar-refractivity contribution in [1.29, 1.82) is 5.26 Å². The van der Waals surface area contributed by atoms with Gasteiger partial charge in [-0.3, -0.25) is 0 Å². The van der Waals surface area contributed by atoms with E-state index in [4.69, 9.17) is 5.26 Å². The fraction of sp³-hybridized carbons (Fsp3) is 0.500. The smallest absolute Gasteiger partial charge is 0.244 e. The van der Waals surface area contributed by atoms with Crippen LogP contribution in [0.4, 0.5) is 0 Å². The van der Waals surface area contributed by atoms with Crippen LogP contribution in [0, 0.1) is 17.2 Å². The molecule has 0 N–H and O–H groups in total. The van der Waals surface area contributed by atoms with Crippen LogP contribution >= 0.6 is 0 Å². The molecule has 0 spiro atoms. The van der Waals surface area contributed by atoms with Crippen LogP contribution in [0.1, 0.15) is 26.0 Å². The second-order valence-corrected chi connectivity index (χ2v) is 6.27. The Morgan fingerprint density at radius 2 is 2.22 bits per heavy atom. The Kier molecular flexibility index (Phi) is 4.82. The maximum atomic E-state index is 12.3. The van der Waals surface area contributed by atoms with Gasteiger partial charge in [-0.2, -0.15) is 5.26 Å². The monoisotopic (exact) mass is 267 g/mol. The van der Waals surface area contributed by atoms with Gasteiger partial charge in [0.2, 0.25) is 10.0 Å². The van der Waals surface area contributed by atoms with Crippen LogP contribution in [-0.2, 0) is 10.0 Å². The standard InChI is InChI=1S/C12H17N3O2S/c1-4-10(2)9-15(3)18(16,17)12-6-5-7-14-11(12)8-13/h5-7,10H,4,9H2,1-3H3. The zero-order valence-electron chi connectivity index (χ0n) is 10.8. The quantitative estimate of drug-likeness (QED) is 0.812. The first-order valence-corrected chi connectivity index (χ1v) is 7.19. The lowest BCUT2D eigenvalue weighted by atomic mass is 10.1. The van der Waals surface area contributed by atoms with Gasteiger partial charge in [0.15, 0.2) is 5.69 Å². The van der Waals surface area contributed by atoms with E-state index in [1.54, 1.807) is 6.07 Å². The van der Waals surface area contributed by atoms with Crippen LogP contribution < -0.4 is 0 Å². The Bertz CT molecular complexity index is 549. The lowest BCUT2D eigenvalue weighted by molar-refractivity contribution is 0.393. The van der Waals surface area contributed by atoms with E-state index < -0.39 is 10.0 Å². The number of rotatable bonds is 5. The molecule has 0 fully saturated rings. The predicted molar refractivity (Wildman–Crippen MR) is 68.2 cm³/mol. The van der Waals surface area contributed by atoms with Crippen LogP contribution in [0.25, 0.3) is 0 Å². The number of hydrogen-bond acceptors (Lipinski definition) is 4. The molecule has 6 heteroatoms. The van der Waals surface area contributed by atoms with Gasteiger partial charge in [0.1, 0.15) is 11.0 Å². The van der Waals surface area contributed by atoms with E-state index in [0.717, 1.165) is 6.42 Å². The summed E-state index contributed by atoms with van der Waals surface area (Å²) in [4.78, 5) is 3.75. The van der Waals surface area contributed by atoms with Gasteiger partial charge in [0, 0.05) is 19.8 Å². The van der Waals surface area contributed by atoms with E-state index in [2.05, 4.69) is 4.98 Å². The highest BCUT2D eigenvalue weighted by atomic mass is 32.2. The van der Waals surface area contributed by atoms with Crippen molar-refractivity contribution in [2.75, 3.05) is 13.6 Å². The summed E-state index contributed by atoms with van der Waals surface area (Å²) in [7, 11) is -2.12. The molecule has 0 aliphatic carbocycles. The van der Waals surface area contributed by atoms with E-state index >= 15 is 0 Å². The number of nitrogens with zero attached hydrogens (tertiary/aromatic N) is 3. The van der Waals surface area contributed by atoms with E-state index in [-0.39, 0.29) is 16.5 Å². The molecular weight excluding hydrogens is 250 g/mol. The Labute approximate surface area is 108 Å². The molecule has 18 heavy (non-hydrogen) atoms. The van der Waals surface area contributed by atoms with E-state index in [0.29, 0.717) is 6.54 Å². The van der Waals surface area contributed by atoms with Crippen LogP contribution in [0.3, 0.4) is 0 Å². The van der Waals surface area contributed by atoms with Crippen LogP contribution in [0.5, 0.6) is 0 Å². The molecular formula is C12H17N3O2S. The van der Waals surface area contributed by atoms with E-state index in [9.17, 15) is 8.42 Å². The summed E-state index contributed by atoms with van der Waals surface area (Å²) < 4.78 is 25.9. The molecule has 1 unspecified atom stereocenters. The third-order valence-electron chi connectivity index (χ3n) is 2.83. The number of aromatic nitrogens is 1. The normalized spacial score (nSPS) is 13.3. The first-order chi connectivity index (χ1) is 8.43. The number of hydrogen-bond donors (Lipinski definition) is 0. The average Bonchev–Trinajstić information content (AvgIpc) is 2.38. The fourth-order valence-electron chi connectivity index (χ4n) is 1.52. The predicted octanol–water partition coefficient (Wildman–Crippen LogP) is 1.62. The molecule has 0 aliphatic rings. The van der Waals surface area contributed by atoms with Crippen molar-refractivity contribution in [1.82, 2.24) is 9.29 Å². The third kappa shape index (κ3) is 3.06. The van der Waals surface area contributed by atoms with Crippen molar-refractivity contribution >= 4 is 10.0 Å². The van der Waals surface area contributed by atoms with Gasteiger partial charge < -0.3 is 0 Å². The highest BCUT2D eigenvalue weighted by molar-refractivity contribution is 7.89. The van der Waals surface area contributed by atoms with E-state index in [1.165, 1.54) is 29.7 Å². The Hall–Kier alpha value is -1.45. The minimum atomic E-state index is -3.64. The molecule has 1 atom stereocenters. The topological polar surface area (TPSA) is 74.1 Å². The first kappa shape index (κ1) is 14.6. The SMILES string of the molecule is CCC(C)CN(C)S(=O)(=O)c1cccnc1C#N. The van der Waals surface area contributed by atoms with Crippen molar-refractivity contribution in [3.8, 4) is 6.07 Å². The van der Waals surface area contributed by atoms with Crippen LogP contribution in [0.15, 0.2) is 23.2 Å². The summed E-state index contributed by atoms with van der Waals surface area (Å²) in [6.45, 7) is 4.43. The molecule has 1 heterocycles. The molecule has 98 valence electrons. The highest BCUT2D eigenvalue weighted by Crippen LogP contribution is 2.18. The maximum Gasteiger partial charge on any atom is 0.245 e. The molecule has 0 radical (unpaired) electrons. The van der Waals surface area contributed by atoms with Gasteiger partial charge in [0.05, 0.1) is 0 Å². The van der Waals surface area contributed by atoms with Crippen molar-refractivity contribution in [2.24, 2.45) is 5.92 Å². The zero-order chi connectivity index (χ0) is 13.8. The van der Waals surface area contributed by atoms with Crippen molar-refractivity contribution in [2.45, 2.75) is 25.2 Å². The molecule has 5 nitrogen and oxygen atoms in total. The summed E-state index contributed by atoms with van der Waals surface area (Å²) in [5.74, 6) is 0.270. The molecule has 1 aromatic rings. The summed E-state index contributed by atoms with van der Waals surface area (Å²) in [6.07, 6.45) is 2.31. The lowest BCUT2D eigenvalue weighted by Crippen LogP contribution is -2.31. The molecule has 1 aromatic heterocycles. The minimum absolute atomic E-state index is 0.0293. The third-order valence-corrected chi connectivity index (χ3v) is 4.69. The highest BCUT2D eigenvalue weighted by Gasteiger charge is 2.25. The average molecular weight is 267 g/mol. The minimum Gasteiger partial charge on any atom is -0.244 e. The lowest BCUT2D eigenvalue weighted by Gasteiger charge is -2.20. The molecule has 0 amide bonds. The van der Waals surface area contributed by atoms with Gasteiger partial charge >= 0.3 is 0 Å². The summed E-state index contributed by atoms with van der Waals surface area (Å²) in [5, 5.41) is 8.90. The van der Waals surface area contributed by atoms with Crippen LogP contribution in [0.2, 0.25) is 0 Å². The second-order valence-electron chi connectivity index (χ2n) is 4.26. The largest absolute Gasteiger partial charge is 0.245 e. The molecule has 0 aromatic carbocycles. The molecule has 0 saturated carbocycles. The fourth-order valence-corrected chi connectivity index (χ4v) is 2.90. The Morgan fingerprint density at radius 1 is 1.56 bits per heavy atom. The van der Waals surface area contributed by atoms with Gasteiger partial charge in [-0.15, -0.1) is 0 Å². The first-order valence-electron chi connectivity index (χ1n) is 5.75. The van der Waals surface area contributed by atoms with Gasteiger partial charge in [0.25, 0.3) is 0 Å². The Balaban J connectivity index is 3.10. The summed E-state index contributed by atoms with van der Waals surface area (Å²) >= 11 is 0. The summed E-state index contributed by atoms with van der Waals surface area (Å²) in [5.41, 5.74) is -0.0616. The summed E-state index contributed by atoms with van der Waals surface area (Å²) in [6, 6.07) is 4.74. The number of pyridine rings is 1. The van der Waals surface area contributed by atoms with E-state index in [1.807, 2.05) is 13.8 Å². The van der Waals surface area contributed by atoms with Crippen LogP contribution in [-0.4, -0.2) is 31.3 Å². The molecule has 0 bridgehead atoms. The van der Waals surface area contributed by atoms with Crippen molar-refractivity contribution in [3.63, 3.8) is 0 Å². The zero-order valence-corrected chi connectivity index (χ0v) is 11.6. The Morgan fingerprint density at radius 3 is 2.78 bits per heavy atom. The van der Waals surface area contributed by atoms with Gasteiger partial charge in [-0.1, -0.05) is 20.3 Å². The number of nitriles is 1. The van der Waals surface area contributed by atoms with Gasteiger partial charge in [-0.25, -0.2) is 17.7 Å². The molecule has 1 rings (SSSR count).